The van der Waals surface area contributed by atoms with Crippen molar-refractivity contribution in [2.24, 2.45) is 0 Å². The molecule has 1 fully saturated rings. The highest BCUT2D eigenvalue weighted by Crippen LogP contribution is 2.21. The molecule has 0 amide bonds. The van der Waals surface area contributed by atoms with Gasteiger partial charge in [-0.25, -0.2) is 0 Å². The third-order valence-electron chi connectivity index (χ3n) is 1.75. The van der Waals surface area contributed by atoms with Gasteiger partial charge in [-0.3, -0.25) is 0 Å². The molecule has 0 radical (unpaired) electrons. The zero-order valence-corrected chi connectivity index (χ0v) is 6.36. The summed E-state index contributed by atoms with van der Waals surface area (Å²) in [6, 6.07) is 0.715. The van der Waals surface area contributed by atoms with Gasteiger partial charge >= 0.3 is 6.18 Å². The Morgan fingerprint density at radius 2 is 2.17 bits per heavy atom. The molecule has 1 unspecified atom stereocenters. The monoisotopic (exact) mass is 178 g/mol. The quantitative estimate of drug-likeness (QED) is 0.540. The number of nitrogens with one attached hydrogen (secondary N) is 1. The van der Waals surface area contributed by atoms with Crippen molar-refractivity contribution < 1.29 is 13.2 Å². The number of rotatable bonds is 0. The molecule has 0 aromatic heterocycles. The van der Waals surface area contributed by atoms with Gasteiger partial charge in [0.1, 0.15) is 6.04 Å². The summed E-state index contributed by atoms with van der Waals surface area (Å²) in [5.41, 5.74) is 0. The van der Waals surface area contributed by atoms with Crippen molar-refractivity contribution in [2.45, 2.75) is 12.2 Å². The van der Waals surface area contributed by atoms with Gasteiger partial charge in [0, 0.05) is 19.1 Å². The Hall–Kier alpha value is -0.890. The van der Waals surface area contributed by atoms with Gasteiger partial charge in [-0.1, -0.05) is 6.42 Å². The zero-order valence-electron chi connectivity index (χ0n) is 6.36. The van der Waals surface area contributed by atoms with Crippen LogP contribution in [0.4, 0.5) is 13.2 Å². The second-order valence-corrected chi connectivity index (χ2v) is 2.62. The summed E-state index contributed by atoms with van der Waals surface area (Å²) in [5, 5.41) is 2.36. The number of nitrogens with zero attached hydrogens (tertiary/aromatic N) is 1. The molecule has 0 aromatic carbocycles. The molecule has 0 spiro atoms. The molecule has 1 aliphatic rings. The maximum atomic E-state index is 12.1. The summed E-state index contributed by atoms with van der Waals surface area (Å²) in [6.07, 6.45) is 0.791. The van der Waals surface area contributed by atoms with Crippen LogP contribution in [0, 0.1) is 12.5 Å². The zero-order chi connectivity index (χ0) is 9.19. The molecule has 1 heterocycles. The number of terminal acetylenes is 1. The van der Waals surface area contributed by atoms with E-state index in [2.05, 4.69) is 11.4 Å². The van der Waals surface area contributed by atoms with Gasteiger partial charge in [0.2, 0.25) is 0 Å². The van der Waals surface area contributed by atoms with Crippen molar-refractivity contribution in [3.63, 3.8) is 0 Å². The predicted octanol–water partition coefficient (Wildman–Crippen LogP) is 0.413. The summed E-state index contributed by atoms with van der Waals surface area (Å²) in [4.78, 5) is 1.33. The third-order valence-corrected chi connectivity index (χ3v) is 1.75. The second kappa shape index (κ2) is 3.23. The minimum Gasteiger partial charge on any atom is -0.330 e. The van der Waals surface area contributed by atoms with Crippen LogP contribution in [-0.4, -0.2) is 36.8 Å². The van der Waals surface area contributed by atoms with Crippen LogP contribution < -0.4 is 5.32 Å². The molecule has 0 aromatic rings. The molecule has 1 saturated heterocycles. The maximum Gasteiger partial charge on any atom is 0.405 e. The maximum absolute atomic E-state index is 12.1. The SMILES string of the molecule is C#CN1CCNC(C(F)(F)F)C1. The summed E-state index contributed by atoms with van der Waals surface area (Å²) in [6.45, 7) is 0.609. The number of hydrogen-bond donors (Lipinski definition) is 1. The molecule has 0 aliphatic carbocycles. The topological polar surface area (TPSA) is 15.3 Å². The van der Waals surface area contributed by atoms with Crippen molar-refractivity contribution in [1.82, 2.24) is 10.2 Å². The molecular formula is C7H9F3N2. The first-order valence-corrected chi connectivity index (χ1v) is 3.55. The normalized spacial score (nSPS) is 25.2. The minimum atomic E-state index is -4.20. The number of halogens is 3. The highest BCUT2D eigenvalue weighted by Gasteiger charge is 2.41. The van der Waals surface area contributed by atoms with Crippen molar-refractivity contribution in [3.05, 3.63) is 0 Å². The molecular weight excluding hydrogens is 169 g/mol. The van der Waals surface area contributed by atoms with E-state index >= 15 is 0 Å². The van der Waals surface area contributed by atoms with Crippen LogP contribution in [-0.2, 0) is 0 Å². The first-order valence-electron chi connectivity index (χ1n) is 3.55. The molecule has 5 heteroatoms. The number of hydrogen-bond acceptors (Lipinski definition) is 2. The van der Waals surface area contributed by atoms with Crippen LogP contribution >= 0.6 is 0 Å². The van der Waals surface area contributed by atoms with Gasteiger partial charge in [-0.15, -0.1) is 0 Å². The fourth-order valence-electron chi connectivity index (χ4n) is 1.09. The first kappa shape index (κ1) is 9.20. The molecule has 0 bridgehead atoms. The molecule has 1 N–H and O–H groups in total. The Morgan fingerprint density at radius 3 is 2.67 bits per heavy atom. The van der Waals surface area contributed by atoms with E-state index in [1.807, 2.05) is 0 Å². The highest BCUT2D eigenvalue weighted by molar-refractivity contribution is 4.93. The van der Waals surface area contributed by atoms with Crippen LogP contribution in [0.3, 0.4) is 0 Å². The third kappa shape index (κ3) is 2.05. The fraction of sp³-hybridized carbons (Fsp3) is 0.714. The van der Waals surface area contributed by atoms with E-state index in [1.54, 1.807) is 0 Å². The molecule has 1 rings (SSSR count). The van der Waals surface area contributed by atoms with Gasteiger partial charge in [-0.05, 0) is 0 Å². The lowest BCUT2D eigenvalue weighted by molar-refractivity contribution is -0.162. The van der Waals surface area contributed by atoms with Crippen molar-refractivity contribution in [3.8, 4) is 12.5 Å². The number of piperazine rings is 1. The van der Waals surface area contributed by atoms with Gasteiger partial charge in [-0.2, -0.15) is 13.2 Å². The first-order chi connectivity index (χ1) is 5.54. The Labute approximate surface area is 68.7 Å². The Kier molecular flexibility index (Phi) is 2.48. The standard InChI is InChI=1S/C7H9F3N2/c1-2-12-4-3-11-6(5-12)7(8,9)10/h1,6,11H,3-5H2. The Balaban J connectivity index is 2.53. The van der Waals surface area contributed by atoms with E-state index < -0.39 is 12.2 Å². The summed E-state index contributed by atoms with van der Waals surface area (Å²) in [7, 11) is 0. The summed E-state index contributed by atoms with van der Waals surface area (Å²) in [5.74, 6) is 0. The van der Waals surface area contributed by atoms with Crippen LogP contribution in [0.25, 0.3) is 0 Å². The Morgan fingerprint density at radius 1 is 1.50 bits per heavy atom. The van der Waals surface area contributed by atoms with E-state index in [4.69, 9.17) is 6.42 Å². The van der Waals surface area contributed by atoms with E-state index in [0.29, 0.717) is 6.54 Å². The van der Waals surface area contributed by atoms with Gasteiger partial charge < -0.3 is 10.2 Å². The van der Waals surface area contributed by atoms with Crippen LogP contribution in [0.15, 0.2) is 0 Å². The molecule has 1 atom stereocenters. The van der Waals surface area contributed by atoms with Crippen LogP contribution in [0.2, 0.25) is 0 Å². The smallest absolute Gasteiger partial charge is 0.330 e. The predicted molar refractivity (Wildman–Crippen MR) is 38.3 cm³/mol. The second-order valence-electron chi connectivity index (χ2n) is 2.62. The van der Waals surface area contributed by atoms with Crippen molar-refractivity contribution >= 4 is 0 Å². The molecule has 0 saturated carbocycles. The fourth-order valence-corrected chi connectivity index (χ4v) is 1.09. The van der Waals surface area contributed by atoms with Crippen LogP contribution in [0.5, 0.6) is 0 Å². The van der Waals surface area contributed by atoms with Gasteiger partial charge in [0.15, 0.2) is 0 Å². The molecule has 12 heavy (non-hydrogen) atoms. The molecule has 68 valence electrons. The van der Waals surface area contributed by atoms with E-state index in [-0.39, 0.29) is 13.1 Å². The van der Waals surface area contributed by atoms with Gasteiger partial charge in [0.25, 0.3) is 0 Å². The van der Waals surface area contributed by atoms with E-state index in [0.717, 1.165) is 0 Å². The van der Waals surface area contributed by atoms with Gasteiger partial charge in [0.05, 0.1) is 6.54 Å². The van der Waals surface area contributed by atoms with Crippen molar-refractivity contribution in [1.29, 1.82) is 0 Å². The summed E-state index contributed by atoms with van der Waals surface area (Å²) >= 11 is 0. The van der Waals surface area contributed by atoms with Crippen molar-refractivity contribution in [2.75, 3.05) is 19.6 Å². The lowest BCUT2D eigenvalue weighted by atomic mass is 10.2. The largest absolute Gasteiger partial charge is 0.405 e. The van der Waals surface area contributed by atoms with Crippen LogP contribution in [0.1, 0.15) is 0 Å². The minimum absolute atomic E-state index is 0.153. The van der Waals surface area contributed by atoms with E-state index in [1.165, 1.54) is 4.90 Å². The lowest BCUT2D eigenvalue weighted by Gasteiger charge is -2.32. The Bertz CT molecular complexity index is 194. The average molecular weight is 178 g/mol. The molecule has 1 aliphatic heterocycles. The van der Waals surface area contributed by atoms with E-state index in [9.17, 15) is 13.2 Å². The lowest BCUT2D eigenvalue weighted by Crippen LogP contribution is -2.55. The number of alkyl halides is 3. The summed E-state index contributed by atoms with van der Waals surface area (Å²) < 4.78 is 36.3. The average Bonchev–Trinajstić information content (AvgIpc) is 2.03. The highest BCUT2D eigenvalue weighted by atomic mass is 19.4. The molecule has 2 nitrogen and oxygen atoms in total.